The summed E-state index contributed by atoms with van der Waals surface area (Å²) >= 11 is 7.22. The van der Waals surface area contributed by atoms with E-state index in [1.54, 1.807) is 66.0 Å². The lowest BCUT2D eigenvalue weighted by Gasteiger charge is -2.05. The van der Waals surface area contributed by atoms with Crippen LogP contribution in [0.4, 0.5) is 5.69 Å². The van der Waals surface area contributed by atoms with E-state index in [4.69, 9.17) is 16.3 Å². The lowest BCUT2D eigenvalue weighted by molar-refractivity contribution is -0.136. The molecule has 1 heterocycles. The van der Waals surface area contributed by atoms with Crippen LogP contribution in [-0.2, 0) is 9.59 Å². The van der Waals surface area contributed by atoms with E-state index >= 15 is 0 Å². The summed E-state index contributed by atoms with van der Waals surface area (Å²) in [7, 11) is 0. The number of esters is 1. The summed E-state index contributed by atoms with van der Waals surface area (Å²) in [6.07, 6.45) is 1.35. The quantitative estimate of drug-likeness (QED) is 0.213. The lowest BCUT2D eigenvalue weighted by atomic mass is 10.2. The number of carbonyl (C=O) groups excluding carboxylic acids is 3. The van der Waals surface area contributed by atoms with Crippen LogP contribution in [0, 0.1) is 0 Å². The fourth-order valence-electron chi connectivity index (χ4n) is 2.13. The van der Waals surface area contributed by atoms with Gasteiger partial charge in [0, 0.05) is 0 Å². The molecule has 0 saturated carbocycles. The average Bonchev–Trinajstić information content (AvgIpc) is 3.26. The Balaban J connectivity index is 1.50. The maximum absolute atomic E-state index is 11.9. The van der Waals surface area contributed by atoms with Crippen LogP contribution in [0.15, 0.2) is 71.1 Å². The third-order valence-corrected chi connectivity index (χ3v) is 4.70. The molecule has 0 bridgehead atoms. The number of amides is 2. The van der Waals surface area contributed by atoms with Crippen molar-refractivity contribution in [2.45, 2.75) is 0 Å². The highest BCUT2D eigenvalue weighted by molar-refractivity contribution is 7.12. The van der Waals surface area contributed by atoms with E-state index in [9.17, 15) is 14.4 Å². The van der Waals surface area contributed by atoms with Gasteiger partial charge in [0.15, 0.2) is 0 Å². The molecule has 0 aliphatic heterocycles. The predicted octanol–water partition coefficient (Wildman–Crippen LogP) is 3.71. The number of hydrazone groups is 1. The molecular weight excluding hydrogens is 414 g/mol. The van der Waals surface area contributed by atoms with Gasteiger partial charge >= 0.3 is 17.8 Å². The van der Waals surface area contributed by atoms with Crippen molar-refractivity contribution >= 4 is 52.6 Å². The van der Waals surface area contributed by atoms with Gasteiger partial charge in [0.05, 0.1) is 16.9 Å². The fourth-order valence-corrected chi connectivity index (χ4v) is 2.91. The Morgan fingerprint density at radius 3 is 2.41 bits per heavy atom. The molecule has 3 rings (SSSR count). The Labute approximate surface area is 175 Å². The Kier molecular flexibility index (Phi) is 6.72. The number of rotatable bonds is 5. The summed E-state index contributed by atoms with van der Waals surface area (Å²) in [4.78, 5) is 36.0. The average molecular weight is 428 g/mol. The highest BCUT2D eigenvalue weighted by Crippen LogP contribution is 2.20. The summed E-state index contributed by atoms with van der Waals surface area (Å²) in [5.41, 5.74) is 3.08. The monoisotopic (exact) mass is 427 g/mol. The van der Waals surface area contributed by atoms with E-state index < -0.39 is 17.8 Å². The van der Waals surface area contributed by atoms with Crippen molar-refractivity contribution < 1.29 is 19.1 Å². The molecule has 0 fully saturated rings. The van der Waals surface area contributed by atoms with E-state index in [1.165, 1.54) is 17.6 Å². The van der Waals surface area contributed by atoms with Gasteiger partial charge in [-0.15, -0.1) is 11.3 Å². The zero-order valence-electron chi connectivity index (χ0n) is 14.8. The molecule has 146 valence electrons. The minimum atomic E-state index is -0.942. The second-order valence-corrected chi connectivity index (χ2v) is 6.92. The van der Waals surface area contributed by atoms with E-state index in [2.05, 4.69) is 15.8 Å². The molecule has 0 saturated heterocycles. The van der Waals surface area contributed by atoms with Gasteiger partial charge in [-0.1, -0.05) is 29.8 Å². The first-order chi connectivity index (χ1) is 14.0. The van der Waals surface area contributed by atoms with E-state index in [1.807, 2.05) is 0 Å². The van der Waals surface area contributed by atoms with Crippen molar-refractivity contribution in [3.63, 3.8) is 0 Å². The minimum absolute atomic E-state index is 0.317. The van der Waals surface area contributed by atoms with Gasteiger partial charge in [0.2, 0.25) is 0 Å². The Morgan fingerprint density at radius 2 is 1.72 bits per heavy atom. The van der Waals surface area contributed by atoms with Gasteiger partial charge in [-0.2, -0.15) is 5.10 Å². The van der Waals surface area contributed by atoms with Crippen LogP contribution in [0.2, 0.25) is 5.02 Å². The third kappa shape index (κ3) is 5.74. The van der Waals surface area contributed by atoms with Gasteiger partial charge in [0.25, 0.3) is 0 Å². The van der Waals surface area contributed by atoms with Gasteiger partial charge in [-0.05, 0) is 53.4 Å². The van der Waals surface area contributed by atoms with E-state index in [0.717, 1.165) is 0 Å². The molecule has 7 nitrogen and oxygen atoms in total. The SMILES string of the molecule is O=C(NN=Cc1ccc(OC(=O)c2cccs2)cc1)C(=O)Nc1ccccc1Cl. The number of hydrogen-bond donors (Lipinski definition) is 2. The number of para-hydroxylation sites is 1. The number of ether oxygens (including phenoxy) is 1. The molecule has 3 aromatic rings. The lowest BCUT2D eigenvalue weighted by Crippen LogP contribution is -2.32. The maximum Gasteiger partial charge on any atom is 0.353 e. The second kappa shape index (κ2) is 9.63. The number of benzene rings is 2. The fraction of sp³-hybridized carbons (Fsp3) is 0. The smallest absolute Gasteiger partial charge is 0.353 e. The molecule has 2 amide bonds. The zero-order valence-corrected chi connectivity index (χ0v) is 16.4. The molecule has 2 aromatic carbocycles. The topological polar surface area (TPSA) is 96.9 Å². The molecule has 2 N–H and O–H groups in total. The van der Waals surface area contributed by atoms with Crippen molar-refractivity contribution in [3.8, 4) is 5.75 Å². The summed E-state index contributed by atoms with van der Waals surface area (Å²) in [6.45, 7) is 0. The van der Waals surface area contributed by atoms with Crippen molar-refractivity contribution in [1.29, 1.82) is 0 Å². The van der Waals surface area contributed by atoms with Crippen molar-refractivity contribution in [3.05, 3.63) is 81.5 Å². The number of hydrogen-bond acceptors (Lipinski definition) is 6. The minimum Gasteiger partial charge on any atom is -0.422 e. The number of nitrogens with zero attached hydrogens (tertiary/aromatic N) is 1. The van der Waals surface area contributed by atoms with Gasteiger partial charge in [0.1, 0.15) is 10.6 Å². The van der Waals surface area contributed by atoms with Crippen LogP contribution in [0.25, 0.3) is 0 Å². The second-order valence-electron chi connectivity index (χ2n) is 5.57. The van der Waals surface area contributed by atoms with Gasteiger partial charge < -0.3 is 10.1 Å². The summed E-state index contributed by atoms with van der Waals surface area (Å²) in [6, 6.07) is 16.5. The van der Waals surface area contributed by atoms with Crippen LogP contribution in [0.3, 0.4) is 0 Å². The Morgan fingerprint density at radius 1 is 0.966 bits per heavy atom. The first-order valence-corrected chi connectivity index (χ1v) is 9.53. The first kappa shape index (κ1) is 20.2. The highest BCUT2D eigenvalue weighted by atomic mass is 35.5. The first-order valence-electron chi connectivity index (χ1n) is 8.27. The van der Waals surface area contributed by atoms with Crippen LogP contribution in [0.1, 0.15) is 15.2 Å². The largest absolute Gasteiger partial charge is 0.422 e. The number of carbonyl (C=O) groups is 3. The van der Waals surface area contributed by atoms with Crippen LogP contribution >= 0.6 is 22.9 Å². The normalized spacial score (nSPS) is 10.5. The molecule has 0 unspecified atom stereocenters. The Bertz CT molecular complexity index is 1050. The molecule has 0 radical (unpaired) electrons. The van der Waals surface area contributed by atoms with Crippen LogP contribution in [-0.4, -0.2) is 24.0 Å². The molecule has 1 aromatic heterocycles. The van der Waals surface area contributed by atoms with Crippen molar-refractivity contribution in [1.82, 2.24) is 5.43 Å². The van der Waals surface area contributed by atoms with Crippen molar-refractivity contribution in [2.24, 2.45) is 5.10 Å². The number of halogens is 1. The van der Waals surface area contributed by atoms with Crippen LogP contribution < -0.4 is 15.5 Å². The molecular formula is C20H14ClN3O4S. The van der Waals surface area contributed by atoms with Gasteiger partial charge in [-0.25, -0.2) is 10.2 Å². The maximum atomic E-state index is 11.9. The number of nitrogens with one attached hydrogen (secondary N) is 2. The van der Waals surface area contributed by atoms with E-state index in [0.29, 0.717) is 26.9 Å². The summed E-state index contributed by atoms with van der Waals surface area (Å²) < 4.78 is 5.25. The summed E-state index contributed by atoms with van der Waals surface area (Å²) in [5.74, 6) is -1.89. The van der Waals surface area contributed by atoms with Crippen molar-refractivity contribution in [2.75, 3.05) is 5.32 Å². The third-order valence-electron chi connectivity index (χ3n) is 3.52. The molecule has 29 heavy (non-hydrogen) atoms. The summed E-state index contributed by atoms with van der Waals surface area (Å²) in [5, 5.41) is 8.23. The molecule has 0 aliphatic carbocycles. The van der Waals surface area contributed by atoms with Crippen LogP contribution in [0.5, 0.6) is 5.75 Å². The highest BCUT2D eigenvalue weighted by Gasteiger charge is 2.14. The van der Waals surface area contributed by atoms with Gasteiger partial charge in [-0.3, -0.25) is 9.59 Å². The number of thiophene rings is 1. The Hall–Kier alpha value is -3.49. The molecule has 0 atom stereocenters. The molecule has 0 aliphatic rings. The van der Waals surface area contributed by atoms with E-state index in [-0.39, 0.29) is 0 Å². The zero-order chi connectivity index (χ0) is 20.6. The predicted molar refractivity (Wildman–Crippen MR) is 112 cm³/mol. The standard InChI is InChI=1S/C20H14ClN3O4S/c21-15-4-1-2-5-16(15)23-18(25)19(26)24-22-12-13-7-9-14(10-8-13)28-20(27)17-6-3-11-29-17/h1-12H,(H,23,25)(H,24,26). The number of anilines is 1. The molecule has 9 heteroatoms. The molecule has 0 spiro atoms.